The Morgan fingerprint density at radius 2 is 2.31 bits per heavy atom. The van der Waals surface area contributed by atoms with Crippen molar-refractivity contribution in [3.63, 3.8) is 0 Å². The van der Waals surface area contributed by atoms with E-state index in [4.69, 9.17) is 5.73 Å². The minimum Gasteiger partial charge on any atom is -0.366 e. The highest BCUT2D eigenvalue weighted by molar-refractivity contribution is 5.55. The normalized spacial score (nSPS) is 13.8. The summed E-state index contributed by atoms with van der Waals surface area (Å²) in [5, 5.41) is 0. The highest BCUT2D eigenvalue weighted by Gasteiger charge is 1.95. The smallest absolute Gasteiger partial charge is 0.0902 e. The Morgan fingerprint density at radius 3 is 2.85 bits per heavy atom. The van der Waals surface area contributed by atoms with Crippen molar-refractivity contribution in [2.45, 2.75) is 19.4 Å². The lowest BCUT2D eigenvalue weighted by atomic mass is 10.2. The van der Waals surface area contributed by atoms with Gasteiger partial charge in [-0.2, -0.15) is 0 Å². The van der Waals surface area contributed by atoms with Gasteiger partial charge in [-0.05, 0) is 19.4 Å². The van der Waals surface area contributed by atoms with Crippen LogP contribution in [0.25, 0.3) is 0 Å². The Bertz CT molecular complexity index is 183. The molecule has 0 aliphatic carbocycles. The molecule has 0 radical (unpaired) electrons. The third-order valence-corrected chi connectivity index (χ3v) is 1.51. The maximum Gasteiger partial charge on any atom is 0.0902 e. The van der Waals surface area contributed by atoms with Gasteiger partial charge in [0.05, 0.1) is 6.34 Å². The van der Waals surface area contributed by atoms with E-state index >= 15 is 0 Å². The van der Waals surface area contributed by atoms with Crippen LogP contribution >= 0.6 is 0 Å². The zero-order valence-corrected chi connectivity index (χ0v) is 8.48. The third-order valence-electron chi connectivity index (χ3n) is 1.51. The van der Waals surface area contributed by atoms with E-state index in [1.807, 2.05) is 18.9 Å². The van der Waals surface area contributed by atoms with E-state index in [2.05, 4.69) is 11.6 Å². The Kier molecular flexibility index (Phi) is 6.92. The van der Waals surface area contributed by atoms with Crippen LogP contribution in [0.3, 0.4) is 0 Å². The second kappa shape index (κ2) is 7.55. The standard InChI is InChI=1S/C10H19N3/c1-4-5-7-12-9-13(3)8-6-10(2)11/h4-5,7,9-10H,1,6,8,11H2,2-3H3/b7-5+,12-9?. The SMILES string of the molecule is C=C/C=C/N=CN(C)CCC(C)N. The van der Waals surface area contributed by atoms with Crippen LogP contribution in [-0.4, -0.2) is 30.9 Å². The van der Waals surface area contributed by atoms with Gasteiger partial charge < -0.3 is 10.6 Å². The number of hydrogen-bond donors (Lipinski definition) is 1. The van der Waals surface area contributed by atoms with E-state index in [0.29, 0.717) is 0 Å². The molecule has 2 N–H and O–H groups in total. The summed E-state index contributed by atoms with van der Waals surface area (Å²) in [5.74, 6) is 0. The summed E-state index contributed by atoms with van der Waals surface area (Å²) in [4.78, 5) is 6.06. The van der Waals surface area contributed by atoms with Crippen LogP contribution in [0.2, 0.25) is 0 Å². The molecule has 1 unspecified atom stereocenters. The fourth-order valence-corrected chi connectivity index (χ4v) is 0.728. The topological polar surface area (TPSA) is 41.6 Å². The van der Waals surface area contributed by atoms with Gasteiger partial charge in [-0.1, -0.05) is 12.7 Å². The minimum atomic E-state index is 0.250. The van der Waals surface area contributed by atoms with Gasteiger partial charge in [0.25, 0.3) is 0 Å². The molecule has 0 fully saturated rings. The van der Waals surface area contributed by atoms with Gasteiger partial charge in [0, 0.05) is 25.8 Å². The maximum absolute atomic E-state index is 5.62. The molecule has 74 valence electrons. The Hall–Kier alpha value is -1.09. The van der Waals surface area contributed by atoms with Crippen molar-refractivity contribution in [2.24, 2.45) is 10.7 Å². The second-order valence-corrected chi connectivity index (χ2v) is 3.09. The predicted octanol–water partition coefficient (Wildman–Crippen LogP) is 1.38. The van der Waals surface area contributed by atoms with Crippen molar-refractivity contribution >= 4 is 6.34 Å². The Labute approximate surface area is 80.6 Å². The minimum absolute atomic E-state index is 0.250. The number of aliphatic imine (C=N–C) groups is 1. The van der Waals surface area contributed by atoms with E-state index < -0.39 is 0 Å². The summed E-state index contributed by atoms with van der Waals surface area (Å²) in [6.45, 7) is 6.48. The summed E-state index contributed by atoms with van der Waals surface area (Å²) in [5.41, 5.74) is 5.62. The molecule has 1 atom stereocenters. The Balaban J connectivity index is 3.60. The van der Waals surface area contributed by atoms with Gasteiger partial charge in [-0.3, -0.25) is 0 Å². The first-order valence-electron chi connectivity index (χ1n) is 4.43. The van der Waals surface area contributed by atoms with E-state index in [1.165, 1.54) is 0 Å². The molecule has 0 saturated carbocycles. The average Bonchev–Trinajstić information content (AvgIpc) is 2.09. The number of allylic oxidation sites excluding steroid dienone is 2. The van der Waals surface area contributed by atoms with Crippen LogP contribution < -0.4 is 5.73 Å². The van der Waals surface area contributed by atoms with Crippen molar-refractivity contribution in [1.29, 1.82) is 0 Å². The van der Waals surface area contributed by atoms with Crippen molar-refractivity contribution in [1.82, 2.24) is 4.90 Å². The van der Waals surface area contributed by atoms with Gasteiger partial charge in [0.1, 0.15) is 0 Å². The molecular weight excluding hydrogens is 162 g/mol. The first-order valence-corrected chi connectivity index (χ1v) is 4.43. The van der Waals surface area contributed by atoms with Crippen molar-refractivity contribution in [3.05, 3.63) is 24.9 Å². The molecule has 0 aromatic heterocycles. The summed E-state index contributed by atoms with van der Waals surface area (Å²) in [6, 6.07) is 0.250. The Morgan fingerprint density at radius 1 is 1.62 bits per heavy atom. The summed E-state index contributed by atoms with van der Waals surface area (Å²) in [6.07, 6.45) is 7.95. The highest BCUT2D eigenvalue weighted by Crippen LogP contribution is 1.88. The molecule has 0 aliphatic heterocycles. The molecule has 3 nitrogen and oxygen atoms in total. The van der Waals surface area contributed by atoms with Gasteiger partial charge in [0.2, 0.25) is 0 Å². The lowest BCUT2D eigenvalue weighted by Crippen LogP contribution is -2.24. The van der Waals surface area contributed by atoms with Gasteiger partial charge >= 0.3 is 0 Å². The molecule has 13 heavy (non-hydrogen) atoms. The van der Waals surface area contributed by atoms with E-state index in [9.17, 15) is 0 Å². The van der Waals surface area contributed by atoms with Gasteiger partial charge in [0.15, 0.2) is 0 Å². The molecule has 0 heterocycles. The van der Waals surface area contributed by atoms with Crippen LogP contribution in [0, 0.1) is 0 Å². The zero-order valence-electron chi connectivity index (χ0n) is 8.48. The molecule has 0 rings (SSSR count). The fraction of sp³-hybridized carbons (Fsp3) is 0.500. The quantitative estimate of drug-likeness (QED) is 0.382. The van der Waals surface area contributed by atoms with Gasteiger partial charge in [-0.15, -0.1) is 0 Å². The van der Waals surface area contributed by atoms with Crippen molar-refractivity contribution in [2.75, 3.05) is 13.6 Å². The predicted molar refractivity (Wildman–Crippen MR) is 58.7 cm³/mol. The molecule has 0 amide bonds. The largest absolute Gasteiger partial charge is 0.366 e. The molecule has 0 aromatic rings. The molecule has 0 spiro atoms. The molecule has 3 heteroatoms. The van der Waals surface area contributed by atoms with Crippen LogP contribution in [0.4, 0.5) is 0 Å². The summed E-state index contributed by atoms with van der Waals surface area (Å²) < 4.78 is 0. The monoisotopic (exact) mass is 181 g/mol. The first kappa shape index (κ1) is 11.9. The van der Waals surface area contributed by atoms with Crippen LogP contribution in [0.1, 0.15) is 13.3 Å². The van der Waals surface area contributed by atoms with Crippen LogP contribution in [-0.2, 0) is 0 Å². The highest BCUT2D eigenvalue weighted by atomic mass is 15.1. The molecule has 0 bridgehead atoms. The summed E-state index contributed by atoms with van der Waals surface area (Å²) in [7, 11) is 1.98. The first-order chi connectivity index (χ1) is 6.16. The third kappa shape index (κ3) is 8.82. The fourth-order valence-electron chi connectivity index (χ4n) is 0.728. The second-order valence-electron chi connectivity index (χ2n) is 3.09. The lowest BCUT2D eigenvalue weighted by Gasteiger charge is -2.13. The van der Waals surface area contributed by atoms with Gasteiger partial charge in [-0.25, -0.2) is 4.99 Å². The zero-order chi connectivity index (χ0) is 10.1. The molecular formula is C10H19N3. The van der Waals surface area contributed by atoms with Crippen molar-refractivity contribution < 1.29 is 0 Å². The summed E-state index contributed by atoms with van der Waals surface area (Å²) >= 11 is 0. The molecule has 0 saturated heterocycles. The number of hydrogen-bond acceptors (Lipinski definition) is 2. The number of nitrogens with zero attached hydrogens (tertiary/aromatic N) is 2. The maximum atomic E-state index is 5.62. The molecule has 0 aliphatic rings. The van der Waals surface area contributed by atoms with Crippen LogP contribution in [0.15, 0.2) is 29.9 Å². The number of nitrogens with two attached hydrogens (primary N) is 1. The number of rotatable bonds is 6. The van der Waals surface area contributed by atoms with E-state index in [1.54, 1.807) is 24.7 Å². The average molecular weight is 181 g/mol. The molecule has 0 aromatic carbocycles. The van der Waals surface area contributed by atoms with Crippen molar-refractivity contribution in [3.8, 4) is 0 Å². The van der Waals surface area contributed by atoms with Crippen LogP contribution in [0.5, 0.6) is 0 Å². The van der Waals surface area contributed by atoms with E-state index in [0.717, 1.165) is 13.0 Å². The van der Waals surface area contributed by atoms with E-state index in [-0.39, 0.29) is 6.04 Å². The lowest BCUT2D eigenvalue weighted by molar-refractivity contribution is 0.474.